The zero-order chi connectivity index (χ0) is 13.4. The highest BCUT2D eigenvalue weighted by Crippen LogP contribution is 2.44. The van der Waals surface area contributed by atoms with Gasteiger partial charge in [-0.2, -0.15) is 0 Å². The number of carboxylic acid groups (broad SMARTS) is 1. The molecule has 1 amide bonds. The van der Waals surface area contributed by atoms with Crippen molar-refractivity contribution >= 4 is 11.9 Å². The molecule has 3 rings (SSSR count). The van der Waals surface area contributed by atoms with Crippen molar-refractivity contribution in [3.63, 3.8) is 0 Å². The number of hydrogen-bond donors (Lipinski definition) is 1. The summed E-state index contributed by atoms with van der Waals surface area (Å²) in [5.41, 5.74) is 0. The Morgan fingerprint density at radius 3 is 2.74 bits per heavy atom. The normalized spacial score (nSPS) is 36.1. The first-order valence-corrected chi connectivity index (χ1v) is 7.32. The first kappa shape index (κ1) is 12.7. The minimum absolute atomic E-state index is 0.202. The van der Waals surface area contributed by atoms with E-state index < -0.39 is 5.97 Å². The van der Waals surface area contributed by atoms with Crippen LogP contribution in [0.25, 0.3) is 0 Å². The Morgan fingerprint density at radius 1 is 1.26 bits per heavy atom. The maximum absolute atomic E-state index is 12.5. The predicted molar refractivity (Wildman–Crippen MR) is 70.4 cm³/mol. The molecule has 0 radical (unpaired) electrons. The zero-order valence-electron chi connectivity index (χ0n) is 11.1. The summed E-state index contributed by atoms with van der Waals surface area (Å²) >= 11 is 0. The zero-order valence-corrected chi connectivity index (χ0v) is 11.1. The standard InChI is InChI=1S/C15H21NO3/c17-14(18)4-2-10-5-6-16(9-10)15(19)13-8-11-1-3-12(13)7-11/h1,3,10-13H,2,4-9H2,(H,17,18). The van der Waals surface area contributed by atoms with Crippen LogP contribution in [-0.2, 0) is 9.59 Å². The number of likely N-dealkylation sites (tertiary alicyclic amines) is 1. The molecular weight excluding hydrogens is 242 g/mol. The predicted octanol–water partition coefficient (Wildman–Crippen LogP) is 1.91. The van der Waals surface area contributed by atoms with Crippen molar-refractivity contribution in [3.8, 4) is 0 Å². The third kappa shape index (κ3) is 2.53. The smallest absolute Gasteiger partial charge is 0.303 e. The summed E-state index contributed by atoms with van der Waals surface area (Å²) in [7, 11) is 0. The topological polar surface area (TPSA) is 57.6 Å². The molecular formula is C15H21NO3. The van der Waals surface area contributed by atoms with Crippen molar-refractivity contribution < 1.29 is 14.7 Å². The summed E-state index contributed by atoms with van der Waals surface area (Å²) in [5.74, 6) is 1.26. The van der Waals surface area contributed by atoms with Gasteiger partial charge in [0.05, 0.1) is 0 Å². The summed E-state index contributed by atoms with van der Waals surface area (Å²) in [5, 5.41) is 8.70. The third-order valence-electron chi connectivity index (χ3n) is 4.96. The van der Waals surface area contributed by atoms with Gasteiger partial charge in [-0.25, -0.2) is 0 Å². The van der Waals surface area contributed by atoms with Gasteiger partial charge in [0.15, 0.2) is 0 Å². The first-order chi connectivity index (χ1) is 9.13. The molecule has 1 N–H and O–H groups in total. The van der Waals surface area contributed by atoms with Crippen molar-refractivity contribution in [3.05, 3.63) is 12.2 Å². The minimum atomic E-state index is -0.733. The number of allylic oxidation sites excluding steroid dienone is 2. The van der Waals surface area contributed by atoms with E-state index in [2.05, 4.69) is 12.2 Å². The Kier molecular flexibility index (Phi) is 3.33. The summed E-state index contributed by atoms with van der Waals surface area (Å²) in [4.78, 5) is 25.1. The van der Waals surface area contributed by atoms with Gasteiger partial charge >= 0.3 is 5.97 Å². The van der Waals surface area contributed by atoms with Gasteiger partial charge in [0.1, 0.15) is 0 Å². The van der Waals surface area contributed by atoms with Crippen LogP contribution in [0, 0.1) is 23.7 Å². The molecule has 1 saturated heterocycles. The van der Waals surface area contributed by atoms with Gasteiger partial charge in [0.2, 0.25) is 5.91 Å². The molecule has 4 heteroatoms. The van der Waals surface area contributed by atoms with Crippen molar-refractivity contribution in [2.45, 2.75) is 32.1 Å². The molecule has 0 aromatic carbocycles. The lowest BCUT2D eigenvalue weighted by Crippen LogP contribution is -2.36. The van der Waals surface area contributed by atoms with Gasteiger partial charge < -0.3 is 10.0 Å². The average molecular weight is 263 g/mol. The van der Waals surface area contributed by atoms with E-state index in [1.54, 1.807) is 0 Å². The molecule has 3 aliphatic rings. The van der Waals surface area contributed by atoms with Gasteiger partial charge in [-0.05, 0) is 43.4 Å². The highest BCUT2D eigenvalue weighted by atomic mass is 16.4. The van der Waals surface area contributed by atoms with E-state index in [1.807, 2.05) is 4.90 Å². The summed E-state index contributed by atoms with van der Waals surface area (Å²) in [6.45, 7) is 1.59. The van der Waals surface area contributed by atoms with E-state index >= 15 is 0 Å². The monoisotopic (exact) mass is 263 g/mol. The van der Waals surface area contributed by atoms with Crippen LogP contribution in [0.1, 0.15) is 32.1 Å². The van der Waals surface area contributed by atoms with Crippen LogP contribution in [0.4, 0.5) is 0 Å². The number of fused-ring (bicyclic) bond motifs is 2. The largest absolute Gasteiger partial charge is 0.481 e. The Morgan fingerprint density at radius 2 is 2.11 bits per heavy atom. The van der Waals surface area contributed by atoms with Crippen LogP contribution in [0.2, 0.25) is 0 Å². The molecule has 4 unspecified atom stereocenters. The van der Waals surface area contributed by atoms with Crippen molar-refractivity contribution in [1.29, 1.82) is 0 Å². The lowest BCUT2D eigenvalue weighted by atomic mass is 9.92. The second-order valence-corrected chi connectivity index (χ2v) is 6.26. The Bertz CT molecular complexity index is 418. The van der Waals surface area contributed by atoms with E-state index in [4.69, 9.17) is 5.11 Å². The van der Waals surface area contributed by atoms with Crippen LogP contribution >= 0.6 is 0 Å². The fourth-order valence-electron chi connectivity index (χ4n) is 3.90. The fraction of sp³-hybridized carbons (Fsp3) is 0.733. The van der Waals surface area contributed by atoms with Crippen LogP contribution in [0.5, 0.6) is 0 Å². The van der Waals surface area contributed by atoms with Crippen molar-refractivity contribution in [2.75, 3.05) is 13.1 Å². The number of rotatable bonds is 4. The lowest BCUT2D eigenvalue weighted by Gasteiger charge is -2.24. The summed E-state index contributed by atoms with van der Waals surface area (Å²) in [6, 6.07) is 0. The number of nitrogens with zero attached hydrogens (tertiary/aromatic N) is 1. The van der Waals surface area contributed by atoms with E-state index in [0.717, 1.165) is 32.4 Å². The molecule has 104 valence electrons. The Hall–Kier alpha value is -1.32. The van der Waals surface area contributed by atoms with Crippen LogP contribution < -0.4 is 0 Å². The lowest BCUT2D eigenvalue weighted by molar-refractivity contribution is -0.137. The molecule has 0 aromatic heterocycles. The molecule has 2 fully saturated rings. The number of hydrogen-bond acceptors (Lipinski definition) is 2. The molecule has 4 nitrogen and oxygen atoms in total. The third-order valence-corrected chi connectivity index (χ3v) is 4.96. The molecule has 2 aliphatic carbocycles. The van der Waals surface area contributed by atoms with E-state index in [0.29, 0.717) is 30.1 Å². The first-order valence-electron chi connectivity index (χ1n) is 7.32. The minimum Gasteiger partial charge on any atom is -0.481 e. The maximum atomic E-state index is 12.5. The van der Waals surface area contributed by atoms with Crippen LogP contribution in [0.3, 0.4) is 0 Å². The number of carbonyl (C=O) groups excluding carboxylic acids is 1. The molecule has 1 aliphatic heterocycles. The SMILES string of the molecule is O=C(O)CCC1CCN(C(=O)C2CC3C=CC2C3)C1. The van der Waals surface area contributed by atoms with Gasteiger partial charge in [-0.1, -0.05) is 12.2 Å². The maximum Gasteiger partial charge on any atom is 0.303 e. The second-order valence-electron chi connectivity index (χ2n) is 6.26. The van der Waals surface area contributed by atoms with Gasteiger partial charge in [0, 0.05) is 25.4 Å². The fourth-order valence-corrected chi connectivity index (χ4v) is 3.90. The molecule has 0 aromatic rings. The van der Waals surface area contributed by atoms with Crippen LogP contribution in [0.15, 0.2) is 12.2 Å². The van der Waals surface area contributed by atoms with Crippen LogP contribution in [-0.4, -0.2) is 35.0 Å². The van der Waals surface area contributed by atoms with E-state index in [1.165, 1.54) is 0 Å². The summed E-state index contributed by atoms with van der Waals surface area (Å²) in [6.07, 6.45) is 8.56. The number of amides is 1. The quantitative estimate of drug-likeness (QED) is 0.788. The van der Waals surface area contributed by atoms with Crippen molar-refractivity contribution in [2.24, 2.45) is 23.7 Å². The van der Waals surface area contributed by atoms with Gasteiger partial charge in [-0.3, -0.25) is 9.59 Å². The van der Waals surface area contributed by atoms with Gasteiger partial charge in [-0.15, -0.1) is 0 Å². The molecule has 1 saturated carbocycles. The highest BCUT2D eigenvalue weighted by molar-refractivity contribution is 5.80. The second kappa shape index (κ2) is 4.99. The summed E-state index contributed by atoms with van der Waals surface area (Å²) < 4.78 is 0. The number of carboxylic acids is 1. The van der Waals surface area contributed by atoms with Gasteiger partial charge in [0.25, 0.3) is 0 Å². The highest BCUT2D eigenvalue weighted by Gasteiger charge is 2.42. The Balaban J connectivity index is 1.52. The molecule has 19 heavy (non-hydrogen) atoms. The molecule has 0 spiro atoms. The van der Waals surface area contributed by atoms with Crippen molar-refractivity contribution in [1.82, 2.24) is 4.90 Å². The molecule has 1 heterocycles. The van der Waals surface area contributed by atoms with E-state index in [-0.39, 0.29) is 12.3 Å². The average Bonchev–Trinajstić information content (AvgIpc) is 3.11. The molecule has 4 atom stereocenters. The Labute approximate surface area is 113 Å². The number of aliphatic carboxylic acids is 1. The van der Waals surface area contributed by atoms with E-state index in [9.17, 15) is 9.59 Å². The number of carbonyl (C=O) groups is 2. The molecule has 2 bridgehead atoms.